The summed E-state index contributed by atoms with van der Waals surface area (Å²) in [5, 5.41) is 3.37. The molecule has 0 unspecified atom stereocenters. The zero-order valence-corrected chi connectivity index (χ0v) is 13.6. The maximum absolute atomic E-state index is 5.83. The van der Waals surface area contributed by atoms with Crippen LogP contribution in [0.1, 0.15) is 11.1 Å². The van der Waals surface area contributed by atoms with Crippen molar-refractivity contribution in [2.75, 3.05) is 23.4 Å². The minimum atomic E-state index is 0.230. The van der Waals surface area contributed by atoms with Gasteiger partial charge >= 0.3 is 0 Å². The number of nitrogens with two attached hydrogens (primary N) is 2. The summed E-state index contributed by atoms with van der Waals surface area (Å²) < 4.78 is 5.83. The maximum Gasteiger partial charge on any atom is 0.220 e. The van der Waals surface area contributed by atoms with Gasteiger partial charge in [0.1, 0.15) is 11.6 Å². The fourth-order valence-corrected chi connectivity index (χ4v) is 2.94. The van der Waals surface area contributed by atoms with Crippen LogP contribution in [0.4, 0.5) is 17.5 Å². The van der Waals surface area contributed by atoms with Crippen molar-refractivity contribution in [3.8, 4) is 17.0 Å². The van der Waals surface area contributed by atoms with E-state index in [4.69, 9.17) is 16.2 Å². The molecule has 0 saturated carbocycles. The summed E-state index contributed by atoms with van der Waals surface area (Å²) in [6.45, 7) is 1.27. The van der Waals surface area contributed by atoms with Crippen molar-refractivity contribution in [2.24, 2.45) is 0 Å². The van der Waals surface area contributed by atoms with Gasteiger partial charge < -0.3 is 21.5 Å². The molecular formula is C18H18N6O. The second-order valence-corrected chi connectivity index (χ2v) is 5.83. The molecule has 25 heavy (non-hydrogen) atoms. The average molecular weight is 334 g/mol. The van der Waals surface area contributed by atoms with Crippen molar-refractivity contribution in [3.63, 3.8) is 0 Å². The van der Waals surface area contributed by atoms with Gasteiger partial charge in [-0.3, -0.25) is 0 Å². The van der Waals surface area contributed by atoms with E-state index >= 15 is 0 Å². The molecule has 3 heterocycles. The van der Waals surface area contributed by atoms with Crippen molar-refractivity contribution in [1.29, 1.82) is 0 Å². The minimum absolute atomic E-state index is 0.230. The van der Waals surface area contributed by atoms with Gasteiger partial charge in [-0.05, 0) is 23.8 Å². The lowest BCUT2D eigenvalue weighted by Crippen LogP contribution is -2.05. The topological polar surface area (TPSA) is 112 Å². The SMILES string of the molecule is Nc1cccc(CNc2ncc(-c3ccnc(N)n3)c3c2CCO3)c1. The predicted molar refractivity (Wildman–Crippen MR) is 97.1 cm³/mol. The summed E-state index contributed by atoms with van der Waals surface area (Å²) in [6, 6.07) is 9.58. The van der Waals surface area contributed by atoms with Crippen LogP contribution in [0.2, 0.25) is 0 Å². The molecule has 7 heteroatoms. The van der Waals surface area contributed by atoms with Gasteiger partial charge in [0.15, 0.2) is 0 Å². The van der Waals surface area contributed by atoms with E-state index in [0.717, 1.165) is 40.4 Å². The monoisotopic (exact) mass is 334 g/mol. The Morgan fingerprint density at radius 1 is 1.16 bits per heavy atom. The fourth-order valence-electron chi connectivity index (χ4n) is 2.94. The predicted octanol–water partition coefficient (Wildman–Crippen LogP) is 2.25. The first kappa shape index (κ1) is 15.2. The highest BCUT2D eigenvalue weighted by Crippen LogP contribution is 2.39. The van der Waals surface area contributed by atoms with Crippen LogP contribution in [-0.2, 0) is 13.0 Å². The molecule has 0 bridgehead atoms. The molecule has 0 spiro atoms. The van der Waals surface area contributed by atoms with Crippen LogP contribution in [0.5, 0.6) is 5.75 Å². The summed E-state index contributed by atoms with van der Waals surface area (Å²) in [7, 11) is 0. The maximum atomic E-state index is 5.83. The Hall–Kier alpha value is -3.35. The van der Waals surface area contributed by atoms with Crippen molar-refractivity contribution in [3.05, 3.63) is 53.9 Å². The molecule has 1 aliphatic heterocycles. The number of rotatable bonds is 4. The molecule has 2 aromatic heterocycles. The minimum Gasteiger partial charge on any atom is -0.492 e. The van der Waals surface area contributed by atoms with Gasteiger partial charge in [-0.25, -0.2) is 15.0 Å². The molecule has 0 atom stereocenters. The number of nitrogens with one attached hydrogen (secondary N) is 1. The Labute approximate surface area is 145 Å². The molecule has 126 valence electrons. The first-order valence-electron chi connectivity index (χ1n) is 8.02. The molecule has 3 aromatic rings. The van der Waals surface area contributed by atoms with Crippen LogP contribution in [0.3, 0.4) is 0 Å². The van der Waals surface area contributed by atoms with Crippen molar-refractivity contribution < 1.29 is 4.74 Å². The molecule has 7 nitrogen and oxygen atoms in total. The summed E-state index contributed by atoms with van der Waals surface area (Å²) >= 11 is 0. The van der Waals surface area contributed by atoms with E-state index in [1.54, 1.807) is 18.5 Å². The second kappa shape index (κ2) is 6.27. The standard InChI is InChI=1S/C18H18N6O/c19-12-3-1-2-11(8-12)9-22-17-13-5-7-25-16(13)14(10-23-17)15-4-6-21-18(20)24-15/h1-4,6,8,10H,5,7,9,19H2,(H,22,23)(H2,20,21,24). The van der Waals surface area contributed by atoms with Crippen molar-refractivity contribution in [2.45, 2.75) is 13.0 Å². The molecule has 0 saturated heterocycles. The highest BCUT2D eigenvalue weighted by molar-refractivity contribution is 5.73. The van der Waals surface area contributed by atoms with E-state index in [-0.39, 0.29) is 5.95 Å². The third-order valence-electron chi connectivity index (χ3n) is 4.09. The van der Waals surface area contributed by atoms with Gasteiger partial charge in [-0.1, -0.05) is 12.1 Å². The molecule has 1 aliphatic rings. The van der Waals surface area contributed by atoms with Crippen molar-refractivity contribution in [1.82, 2.24) is 15.0 Å². The Morgan fingerprint density at radius 2 is 2.08 bits per heavy atom. The Morgan fingerprint density at radius 3 is 2.92 bits per heavy atom. The van der Waals surface area contributed by atoms with E-state index in [1.807, 2.05) is 24.3 Å². The number of nitrogens with zero attached hydrogens (tertiary/aromatic N) is 3. The molecule has 0 amide bonds. The highest BCUT2D eigenvalue weighted by Gasteiger charge is 2.23. The third-order valence-corrected chi connectivity index (χ3v) is 4.09. The van der Waals surface area contributed by atoms with Crippen LogP contribution in [0.15, 0.2) is 42.7 Å². The fraction of sp³-hybridized carbons (Fsp3) is 0.167. The van der Waals surface area contributed by atoms with E-state index in [0.29, 0.717) is 18.8 Å². The Kier molecular flexibility index (Phi) is 3.81. The number of ether oxygens (including phenoxy) is 1. The number of hydrogen-bond acceptors (Lipinski definition) is 7. The average Bonchev–Trinajstić information content (AvgIpc) is 3.09. The van der Waals surface area contributed by atoms with Crippen molar-refractivity contribution >= 4 is 17.5 Å². The molecule has 0 aliphatic carbocycles. The number of fused-ring (bicyclic) bond motifs is 1. The number of hydrogen-bond donors (Lipinski definition) is 3. The number of aromatic nitrogens is 3. The largest absolute Gasteiger partial charge is 0.492 e. The Bertz CT molecular complexity index is 927. The van der Waals surface area contributed by atoms with E-state index in [9.17, 15) is 0 Å². The third kappa shape index (κ3) is 3.03. The Balaban J connectivity index is 1.64. The van der Waals surface area contributed by atoms with E-state index < -0.39 is 0 Å². The zero-order chi connectivity index (χ0) is 17.2. The molecule has 0 fully saturated rings. The quantitative estimate of drug-likeness (QED) is 0.627. The van der Waals surface area contributed by atoms with Crippen LogP contribution in [0.25, 0.3) is 11.3 Å². The van der Waals surface area contributed by atoms with Gasteiger partial charge in [0.25, 0.3) is 0 Å². The summed E-state index contributed by atoms with van der Waals surface area (Å²) in [6.07, 6.45) is 4.19. The van der Waals surface area contributed by atoms with E-state index in [2.05, 4.69) is 20.3 Å². The van der Waals surface area contributed by atoms with Crippen LogP contribution < -0.4 is 21.5 Å². The highest BCUT2D eigenvalue weighted by atomic mass is 16.5. The van der Waals surface area contributed by atoms with Crippen LogP contribution in [0, 0.1) is 0 Å². The number of benzene rings is 1. The molecule has 4 rings (SSSR count). The number of pyridine rings is 1. The normalized spacial score (nSPS) is 12.5. The smallest absolute Gasteiger partial charge is 0.220 e. The molecule has 1 aromatic carbocycles. The molecular weight excluding hydrogens is 316 g/mol. The summed E-state index contributed by atoms with van der Waals surface area (Å²) in [5.41, 5.74) is 16.0. The number of nitrogen functional groups attached to an aromatic ring is 2. The second-order valence-electron chi connectivity index (χ2n) is 5.83. The molecule has 0 radical (unpaired) electrons. The van der Waals surface area contributed by atoms with Crippen LogP contribution in [-0.4, -0.2) is 21.6 Å². The first-order valence-corrected chi connectivity index (χ1v) is 8.02. The lowest BCUT2D eigenvalue weighted by Gasteiger charge is -2.13. The number of anilines is 3. The van der Waals surface area contributed by atoms with Gasteiger partial charge in [0, 0.05) is 36.6 Å². The zero-order valence-electron chi connectivity index (χ0n) is 13.6. The van der Waals surface area contributed by atoms with Gasteiger partial charge in [0.2, 0.25) is 5.95 Å². The molecule has 5 N–H and O–H groups in total. The van der Waals surface area contributed by atoms with Crippen LogP contribution >= 0.6 is 0 Å². The van der Waals surface area contributed by atoms with Gasteiger partial charge in [-0.2, -0.15) is 0 Å². The summed E-state index contributed by atoms with van der Waals surface area (Å²) in [4.78, 5) is 12.8. The van der Waals surface area contributed by atoms with Gasteiger partial charge in [-0.15, -0.1) is 0 Å². The lowest BCUT2D eigenvalue weighted by molar-refractivity contribution is 0.358. The summed E-state index contributed by atoms with van der Waals surface area (Å²) in [5.74, 6) is 1.86. The lowest BCUT2D eigenvalue weighted by atomic mass is 10.1. The van der Waals surface area contributed by atoms with Gasteiger partial charge in [0.05, 0.1) is 17.9 Å². The van der Waals surface area contributed by atoms with E-state index in [1.165, 1.54) is 0 Å². The first-order chi connectivity index (χ1) is 12.2.